The fraction of sp³-hybridized carbons (Fsp3) is 0. The van der Waals surface area contributed by atoms with E-state index in [9.17, 15) is 8.78 Å². The summed E-state index contributed by atoms with van der Waals surface area (Å²) < 4.78 is 27.6. The zero-order valence-electron chi connectivity index (χ0n) is 10.9. The van der Waals surface area contributed by atoms with Crippen LogP contribution in [0.4, 0.5) is 26.0 Å². The molecule has 3 rings (SSSR count). The van der Waals surface area contributed by atoms with Gasteiger partial charge in [-0.2, -0.15) is 0 Å². The van der Waals surface area contributed by atoms with Crippen LogP contribution in [0.15, 0.2) is 36.7 Å². The summed E-state index contributed by atoms with van der Waals surface area (Å²) in [5, 5.41) is 12.1. The first-order valence-electron chi connectivity index (χ1n) is 6.15. The smallest absolute Gasteiger partial charge is 0.165 e. The standard InChI is InChI=1S/C14H9ClF2N4O/c15-8-2-1-3-10(13(8)17)20-14-7-4-12(21-22)9(16)5-11(7)18-6-19-14/h1-6,21-22H,(H,18,19,20). The van der Waals surface area contributed by atoms with Gasteiger partial charge in [0.15, 0.2) is 11.6 Å². The molecule has 0 bridgehead atoms. The van der Waals surface area contributed by atoms with Gasteiger partial charge in [0, 0.05) is 11.5 Å². The van der Waals surface area contributed by atoms with Crippen LogP contribution >= 0.6 is 11.6 Å². The first-order chi connectivity index (χ1) is 10.6. The number of halogens is 3. The molecule has 3 N–H and O–H groups in total. The molecule has 1 heterocycles. The van der Waals surface area contributed by atoms with Crippen molar-refractivity contribution in [2.75, 3.05) is 10.8 Å². The summed E-state index contributed by atoms with van der Waals surface area (Å²) in [5.74, 6) is -1.05. The highest BCUT2D eigenvalue weighted by Crippen LogP contribution is 2.30. The zero-order valence-corrected chi connectivity index (χ0v) is 11.7. The first-order valence-corrected chi connectivity index (χ1v) is 6.53. The van der Waals surface area contributed by atoms with Gasteiger partial charge in [0.25, 0.3) is 0 Å². The predicted octanol–water partition coefficient (Wildman–Crippen LogP) is 4.11. The molecule has 0 aliphatic carbocycles. The SMILES string of the molecule is ONc1cc2c(Nc3cccc(Cl)c3F)ncnc2cc1F. The number of rotatable bonds is 3. The van der Waals surface area contributed by atoms with Gasteiger partial charge in [-0.25, -0.2) is 18.7 Å². The van der Waals surface area contributed by atoms with Crippen molar-refractivity contribution in [3.63, 3.8) is 0 Å². The minimum atomic E-state index is -0.673. The average molecular weight is 323 g/mol. The molecule has 8 heteroatoms. The summed E-state index contributed by atoms with van der Waals surface area (Å²) >= 11 is 5.73. The van der Waals surface area contributed by atoms with Gasteiger partial charge in [0.1, 0.15) is 12.1 Å². The highest BCUT2D eigenvalue weighted by atomic mass is 35.5. The molecule has 0 saturated heterocycles. The second-order valence-electron chi connectivity index (χ2n) is 4.41. The van der Waals surface area contributed by atoms with E-state index in [1.165, 1.54) is 24.5 Å². The number of benzene rings is 2. The minimum Gasteiger partial charge on any atom is -0.337 e. The van der Waals surface area contributed by atoms with Crippen LogP contribution in [0.3, 0.4) is 0 Å². The van der Waals surface area contributed by atoms with Gasteiger partial charge < -0.3 is 5.32 Å². The Balaban J connectivity index is 2.12. The highest BCUT2D eigenvalue weighted by Gasteiger charge is 2.12. The summed E-state index contributed by atoms with van der Waals surface area (Å²) in [6.07, 6.45) is 1.22. The Kier molecular flexibility index (Phi) is 3.74. The van der Waals surface area contributed by atoms with Gasteiger partial charge in [-0.05, 0) is 18.2 Å². The lowest BCUT2D eigenvalue weighted by Crippen LogP contribution is -2.00. The number of aromatic nitrogens is 2. The summed E-state index contributed by atoms with van der Waals surface area (Å²) in [5.41, 5.74) is 2.03. The van der Waals surface area contributed by atoms with Crippen LogP contribution in [-0.4, -0.2) is 15.2 Å². The second kappa shape index (κ2) is 5.70. The number of anilines is 3. The molecule has 0 unspecified atom stereocenters. The Morgan fingerprint density at radius 3 is 2.68 bits per heavy atom. The number of hydrogen-bond acceptors (Lipinski definition) is 5. The van der Waals surface area contributed by atoms with E-state index in [-0.39, 0.29) is 22.2 Å². The van der Waals surface area contributed by atoms with Crippen molar-refractivity contribution < 1.29 is 14.0 Å². The van der Waals surface area contributed by atoms with E-state index >= 15 is 0 Å². The number of fused-ring (bicyclic) bond motifs is 1. The van der Waals surface area contributed by atoms with Crippen molar-refractivity contribution in [2.45, 2.75) is 0 Å². The van der Waals surface area contributed by atoms with E-state index in [2.05, 4.69) is 15.3 Å². The van der Waals surface area contributed by atoms with Crippen LogP contribution in [0.25, 0.3) is 10.9 Å². The van der Waals surface area contributed by atoms with E-state index < -0.39 is 11.6 Å². The Morgan fingerprint density at radius 1 is 1.09 bits per heavy atom. The minimum absolute atomic E-state index is 0.0351. The lowest BCUT2D eigenvalue weighted by atomic mass is 10.2. The Hall–Kier alpha value is -2.51. The van der Waals surface area contributed by atoms with Crippen molar-refractivity contribution in [3.8, 4) is 0 Å². The van der Waals surface area contributed by atoms with Crippen LogP contribution in [-0.2, 0) is 0 Å². The molecule has 0 radical (unpaired) electrons. The Bertz CT molecular complexity index is 860. The topological polar surface area (TPSA) is 70.1 Å². The van der Waals surface area contributed by atoms with Gasteiger partial charge in [-0.3, -0.25) is 10.7 Å². The average Bonchev–Trinajstić information content (AvgIpc) is 2.51. The third-order valence-electron chi connectivity index (χ3n) is 3.05. The van der Waals surface area contributed by atoms with Crippen molar-refractivity contribution in [3.05, 3.63) is 53.3 Å². The molecule has 0 aliphatic heterocycles. The summed E-state index contributed by atoms with van der Waals surface area (Å²) in [6.45, 7) is 0. The van der Waals surface area contributed by atoms with Crippen LogP contribution in [0.5, 0.6) is 0 Å². The van der Waals surface area contributed by atoms with Crippen molar-refractivity contribution >= 4 is 39.7 Å². The molecular formula is C14H9ClF2N4O. The molecule has 0 atom stereocenters. The Morgan fingerprint density at radius 2 is 1.91 bits per heavy atom. The lowest BCUT2D eigenvalue weighted by molar-refractivity contribution is 0.384. The predicted molar refractivity (Wildman–Crippen MR) is 79.6 cm³/mol. The highest BCUT2D eigenvalue weighted by molar-refractivity contribution is 6.31. The van der Waals surface area contributed by atoms with Crippen LogP contribution < -0.4 is 10.8 Å². The summed E-state index contributed by atoms with van der Waals surface area (Å²) in [4.78, 5) is 7.95. The van der Waals surface area contributed by atoms with Gasteiger partial charge in [0.05, 0.1) is 21.9 Å². The van der Waals surface area contributed by atoms with Crippen LogP contribution in [0, 0.1) is 11.6 Å². The summed E-state index contributed by atoms with van der Waals surface area (Å²) in [7, 11) is 0. The van der Waals surface area contributed by atoms with Crippen molar-refractivity contribution in [1.82, 2.24) is 9.97 Å². The van der Waals surface area contributed by atoms with E-state index in [0.717, 1.165) is 6.07 Å². The van der Waals surface area contributed by atoms with E-state index in [0.29, 0.717) is 10.9 Å². The fourth-order valence-electron chi connectivity index (χ4n) is 1.99. The zero-order chi connectivity index (χ0) is 15.7. The van der Waals surface area contributed by atoms with E-state index in [1.54, 1.807) is 11.5 Å². The summed E-state index contributed by atoms with van der Waals surface area (Å²) in [6, 6.07) is 6.94. The molecular weight excluding hydrogens is 314 g/mol. The lowest BCUT2D eigenvalue weighted by Gasteiger charge is -2.11. The van der Waals surface area contributed by atoms with Gasteiger partial charge in [-0.1, -0.05) is 17.7 Å². The van der Waals surface area contributed by atoms with Gasteiger partial charge in [-0.15, -0.1) is 0 Å². The first kappa shape index (κ1) is 14.4. The van der Waals surface area contributed by atoms with Crippen LogP contribution in [0.1, 0.15) is 0 Å². The monoisotopic (exact) mass is 322 g/mol. The molecule has 0 aliphatic rings. The molecule has 22 heavy (non-hydrogen) atoms. The molecule has 0 fully saturated rings. The molecule has 0 saturated carbocycles. The molecule has 5 nitrogen and oxygen atoms in total. The normalized spacial score (nSPS) is 10.7. The van der Waals surface area contributed by atoms with Gasteiger partial charge >= 0.3 is 0 Å². The van der Waals surface area contributed by atoms with Crippen molar-refractivity contribution in [2.24, 2.45) is 0 Å². The Labute approximate surface area is 128 Å². The largest absolute Gasteiger partial charge is 0.337 e. The molecule has 0 amide bonds. The number of nitrogens with one attached hydrogen (secondary N) is 2. The molecule has 3 aromatic rings. The van der Waals surface area contributed by atoms with Crippen molar-refractivity contribution in [1.29, 1.82) is 0 Å². The van der Waals surface area contributed by atoms with E-state index in [1.807, 2.05) is 0 Å². The third kappa shape index (κ3) is 2.51. The maximum atomic E-state index is 13.9. The number of nitrogens with zero attached hydrogens (tertiary/aromatic N) is 2. The fourth-order valence-corrected chi connectivity index (χ4v) is 2.17. The second-order valence-corrected chi connectivity index (χ2v) is 4.82. The third-order valence-corrected chi connectivity index (χ3v) is 3.34. The van der Waals surface area contributed by atoms with Gasteiger partial charge in [0.2, 0.25) is 0 Å². The number of hydrogen-bond donors (Lipinski definition) is 3. The maximum absolute atomic E-state index is 13.9. The van der Waals surface area contributed by atoms with E-state index in [4.69, 9.17) is 16.8 Å². The molecule has 112 valence electrons. The quantitative estimate of drug-likeness (QED) is 0.633. The molecule has 1 aromatic heterocycles. The molecule has 0 spiro atoms. The molecule has 2 aromatic carbocycles. The maximum Gasteiger partial charge on any atom is 0.165 e. The van der Waals surface area contributed by atoms with Crippen LogP contribution in [0.2, 0.25) is 5.02 Å².